The summed E-state index contributed by atoms with van der Waals surface area (Å²) < 4.78 is 4.77. The van der Waals surface area contributed by atoms with Gasteiger partial charge in [-0.15, -0.1) is 0 Å². The van der Waals surface area contributed by atoms with Crippen molar-refractivity contribution in [1.29, 1.82) is 0 Å². The van der Waals surface area contributed by atoms with Gasteiger partial charge in [0.25, 0.3) is 0 Å². The molecule has 2 aliphatic heterocycles. The van der Waals surface area contributed by atoms with Crippen LogP contribution in [0.1, 0.15) is 32.6 Å². The van der Waals surface area contributed by atoms with Gasteiger partial charge in [-0.1, -0.05) is 11.8 Å². The molecule has 2 amide bonds. The number of hydrazine groups is 1. The van der Waals surface area contributed by atoms with E-state index in [1.165, 1.54) is 24.1 Å². The van der Waals surface area contributed by atoms with Gasteiger partial charge in [-0.3, -0.25) is 19.4 Å². The van der Waals surface area contributed by atoms with Crippen molar-refractivity contribution in [3.05, 3.63) is 0 Å². The van der Waals surface area contributed by atoms with Crippen molar-refractivity contribution in [2.24, 2.45) is 5.92 Å². The molecule has 122 valence electrons. The predicted octanol–water partition coefficient (Wildman–Crippen LogP) is 0.584. The van der Waals surface area contributed by atoms with Crippen LogP contribution in [0.3, 0.4) is 0 Å². The second kappa shape index (κ2) is 7.13. The second-order valence-electron chi connectivity index (χ2n) is 5.42. The van der Waals surface area contributed by atoms with Crippen LogP contribution in [0.25, 0.3) is 0 Å². The number of carbonyl (C=O) groups is 4. The lowest BCUT2D eigenvalue weighted by molar-refractivity contribution is -0.182. The maximum atomic E-state index is 12.8. The normalized spacial score (nSPS) is 25.5. The summed E-state index contributed by atoms with van der Waals surface area (Å²) in [6.07, 6.45) is 1.79. The van der Waals surface area contributed by atoms with Gasteiger partial charge in [0.15, 0.2) is 11.2 Å². The zero-order chi connectivity index (χ0) is 16.3. The van der Waals surface area contributed by atoms with Crippen molar-refractivity contribution in [3.8, 4) is 0 Å². The largest absolute Gasteiger partial charge is 0.467 e. The summed E-state index contributed by atoms with van der Waals surface area (Å²) in [6, 6.07) is -0.752. The third-order valence-electron chi connectivity index (χ3n) is 3.93. The zero-order valence-corrected chi connectivity index (χ0v) is 13.6. The molecule has 0 bridgehead atoms. The lowest BCUT2D eigenvalue weighted by atomic mass is 10.0. The second-order valence-corrected chi connectivity index (χ2v) is 6.62. The van der Waals surface area contributed by atoms with E-state index in [1.54, 1.807) is 0 Å². The topological polar surface area (TPSA) is 84.0 Å². The first kappa shape index (κ1) is 16.8. The van der Waals surface area contributed by atoms with E-state index in [0.29, 0.717) is 31.6 Å². The minimum atomic E-state index is -0.752. The third-order valence-corrected chi connectivity index (χ3v) is 4.91. The van der Waals surface area contributed by atoms with Gasteiger partial charge in [0.1, 0.15) is 0 Å². The summed E-state index contributed by atoms with van der Waals surface area (Å²) in [4.78, 5) is 48.1. The van der Waals surface area contributed by atoms with Crippen molar-refractivity contribution in [2.75, 3.05) is 19.4 Å². The Bertz CT molecular complexity index is 496. The van der Waals surface area contributed by atoms with E-state index in [0.717, 1.165) is 11.8 Å². The summed E-state index contributed by atoms with van der Waals surface area (Å²) in [7, 11) is 1.27. The van der Waals surface area contributed by atoms with Crippen molar-refractivity contribution < 1.29 is 23.9 Å². The van der Waals surface area contributed by atoms with Crippen molar-refractivity contribution in [3.63, 3.8) is 0 Å². The molecule has 2 heterocycles. The number of esters is 1. The Morgan fingerprint density at radius 2 is 2.05 bits per heavy atom. The maximum absolute atomic E-state index is 12.8. The Morgan fingerprint density at radius 3 is 2.68 bits per heavy atom. The average molecular weight is 328 g/mol. The van der Waals surface area contributed by atoms with Crippen LogP contribution in [0.4, 0.5) is 0 Å². The molecule has 22 heavy (non-hydrogen) atoms. The first-order valence-electron chi connectivity index (χ1n) is 7.30. The minimum absolute atomic E-state index is 0.0663. The molecule has 0 unspecified atom stereocenters. The van der Waals surface area contributed by atoms with Crippen LogP contribution in [-0.4, -0.2) is 58.4 Å². The molecule has 8 heteroatoms. The monoisotopic (exact) mass is 328 g/mol. The quantitative estimate of drug-likeness (QED) is 0.705. The first-order valence-corrected chi connectivity index (χ1v) is 8.28. The highest BCUT2D eigenvalue weighted by molar-refractivity contribution is 8.13. The van der Waals surface area contributed by atoms with Crippen LogP contribution in [0.15, 0.2) is 0 Å². The van der Waals surface area contributed by atoms with Gasteiger partial charge in [-0.25, -0.2) is 9.80 Å². The van der Waals surface area contributed by atoms with Gasteiger partial charge in [0.05, 0.1) is 7.11 Å². The number of hydrogen-bond donors (Lipinski definition) is 0. The molecule has 2 saturated heterocycles. The van der Waals surface area contributed by atoms with Crippen LogP contribution in [0.5, 0.6) is 0 Å². The first-order chi connectivity index (χ1) is 10.5. The number of carbonyl (C=O) groups excluding carboxylic acids is 4. The summed E-state index contributed by atoms with van der Waals surface area (Å²) in [5, 5.41) is 2.59. The highest BCUT2D eigenvalue weighted by atomic mass is 32.2. The molecule has 0 aromatic rings. The number of methoxy groups -OCH3 is 1. The molecular formula is C14H20N2O5S. The molecular weight excluding hydrogens is 308 g/mol. The van der Waals surface area contributed by atoms with E-state index in [1.807, 2.05) is 0 Å². The van der Waals surface area contributed by atoms with Gasteiger partial charge in [0.2, 0.25) is 11.8 Å². The molecule has 2 fully saturated rings. The Hall–Kier alpha value is -1.57. The molecule has 0 radical (unpaired) electrons. The fourth-order valence-electron chi connectivity index (χ4n) is 2.81. The summed E-state index contributed by atoms with van der Waals surface area (Å²) in [6.45, 7) is 1.88. The maximum Gasteiger partial charge on any atom is 0.330 e. The number of nitrogens with zero attached hydrogens (tertiary/aromatic N) is 2. The molecule has 0 aromatic heterocycles. The fourth-order valence-corrected chi connectivity index (χ4v) is 3.56. The third kappa shape index (κ3) is 3.43. The van der Waals surface area contributed by atoms with Gasteiger partial charge >= 0.3 is 5.97 Å². The van der Waals surface area contributed by atoms with E-state index in [2.05, 4.69) is 0 Å². The van der Waals surface area contributed by atoms with Gasteiger partial charge in [0, 0.05) is 31.6 Å². The number of ether oxygens (including phenoxy) is 1. The van der Waals surface area contributed by atoms with Crippen LogP contribution in [0, 0.1) is 5.92 Å². The van der Waals surface area contributed by atoms with Crippen molar-refractivity contribution in [2.45, 2.75) is 38.6 Å². The minimum Gasteiger partial charge on any atom is -0.467 e. The van der Waals surface area contributed by atoms with E-state index in [-0.39, 0.29) is 23.4 Å². The zero-order valence-electron chi connectivity index (χ0n) is 12.7. The lowest BCUT2D eigenvalue weighted by Crippen LogP contribution is -2.60. The van der Waals surface area contributed by atoms with Crippen LogP contribution in [-0.2, 0) is 23.9 Å². The lowest BCUT2D eigenvalue weighted by Gasteiger charge is -2.42. The number of thioether (sulfide) groups is 1. The van der Waals surface area contributed by atoms with E-state index < -0.39 is 17.9 Å². The van der Waals surface area contributed by atoms with Gasteiger partial charge < -0.3 is 4.74 Å². The average Bonchev–Trinajstić information content (AvgIpc) is 2.63. The van der Waals surface area contributed by atoms with Gasteiger partial charge in [-0.05, 0) is 19.3 Å². The summed E-state index contributed by atoms with van der Waals surface area (Å²) >= 11 is 1.07. The highest BCUT2D eigenvalue weighted by Crippen LogP contribution is 2.29. The standard InChI is InChI=1S/C14H20N2O5S/c1-9(17)22-8-10-5-6-12(18)15-7-3-4-11(14(20)21-2)16(15)13(10)19/h10-11H,3-8H2,1-2H3/t10-,11+/m1/s1. The Labute approximate surface area is 133 Å². The van der Waals surface area contributed by atoms with Crippen LogP contribution >= 0.6 is 11.8 Å². The molecule has 0 aromatic carbocycles. The van der Waals surface area contributed by atoms with E-state index >= 15 is 0 Å². The fraction of sp³-hybridized carbons (Fsp3) is 0.714. The van der Waals surface area contributed by atoms with Crippen molar-refractivity contribution in [1.82, 2.24) is 10.0 Å². The van der Waals surface area contributed by atoms with E-state index in [9.17, 15) is 19.2 Å². The molecule has 2 aliphatic rings. The number of hydrogen-bond acceptors (Lipinski definition) is 6. The highest BCUT2D eigenvalue weighted by Gasteiger charge is 2.44. The molecule has 7 nitrogen and oxygen atoms in total. The summed E-state index contributed by atoms with van der Waals surface area (Å²) in [5.41, 5.74) is 0. The Morgan fingerprint density at radius 1 is 1.32 bits per heavy atom. The molecule has 0 saturated carbocycles. The molecule has 0 aliphatic carbocycles. The van der Waals surface area contributed by atoms with Crippen molar-refractivity contribution >= 4 is 34.7 Å². The molecule has 2 rings (SSSR count). The number of fused-ring (bicyclic) bond motifs is 1. The van der Waals surface area contributed by atoms with Gasteiger partial charge in [-0.2, -0.15) is 0 Å². The van der Waals surface area contributed by atoms with E-state index in [4.69, 9.17) is 4.74 Å². The SMILES string of the molecule is COC(=O)[C@@H]1CCCN2C(=O)CC[C@H](CSC(C)=O)C(=O)N12. The number of rotatable bonds is 3. The Balaban J connectivity index is 2.25. The summed E-state index contributed by atoms with van der Waals surface area (Å²) in [5.74, 6) is -1.04. The number of amides is 2. The molecule has 2 atom stereocenters. The Kier molecular flexibility index (Phi) is 5.44. The molecule has 0 N–H and O–H groups in total. The van der Waals surface area contributed by atoms with Crippen LogP contribution in [0.2, 0.25) is 0 Å². The van der Waals surface area contributed by atoms with Crippen LogP contribution < -0.4 is 0 Å². The predicted molar refractivity (Wildman–Crippen MR) is 79.5 cm³/mol. The molecule has 0 spiro atoms. The smallest absolute Gasteiger partial charge is 0.330 e.